The SMILES string of the molecule is C(=C\[C@H]1CC[C@H](Nc2ncnc3[nH]ncc23)CC1)/Cc1ccccc1. The molecule has 2 heterocycles. The van der Waals surface area contributed by atoms with E-state index in [9.17, 15) is 0 Å². The van der Waals surface area contributed by atoms with Crippen LogP contribution in [0.15, 0.2) is 55.0 Å². The number of nitrogens with zero attached hydrogens (tertiary/aromatic N) is 3. The molecule has 0 saturated heterocycles. The van der Waals surface area contributed by atoms with Gasteiger partial charge in [0, 0.05) is 6.04 Å². The molecule has 0 amide bonds. The smallest absolute Gasteiger partial charge is 0.160 e. The van der Waals surface area contributed by atoms with Crippen LogP contribution in [0.4, 0.5) is 5.82 Å². The predicted molar refractivity (Wildman–Crippen MR) is 100 cm³/mol. The third-order valence-electron chi connectivity index (χ3n) is 4.97. The Hall–Kier alpha value is -2.69. The Kier molecular flexibility index (Phi) is 4.72. The zero-order chi connectivity index (χ0) is 16.9. The van der Waals surface area contributed by atoms with Crippen molar-refractivity contribution in [1.29, 1.82) is 0 Å². The van der Waals surface area contributed by atoms with Crippen molar-refractivity contribution in [2.24, 2.45) is 5.92 Å². The summed E-state index contributed by atoms with van der Waals surface area (Å²) in [5, 5.41) is 11.5. The van der Waals surface area contributed by atoms with E-state index in [-0.39, 0.29) is 0 Å². The Labute approximate surface area is 147 Å². The minimum Gasteiger partial charge on any atom is -0.367 e. The van der Waals surface area contributed by atoms with Gasteiger partial charge in [-0.3, -0.25) is 5.10 Å². The zero-order valence-electron chi connectivity index (χ0n) is 14.2. The second kappa shape index (κ2) is 7.47. The molecule has 1 aromatic carbocycles. The van der Waals surface area contributed by atoms with Gasteiger partial charge in [-0.1, -0.05) is 42.5 Å². The lowest BCUT2D eigenvalue weighted by molar-refractivity contribution is 0.390. The van der Waals surface area contributed by atoms with Crippen molar-refractivity contribution in [3.05, 3.63) is 60.6 Å². The molecule has 128 valence electrons. The van der Waals surface area contributed by atoms with E-state index in [1.807, 2.05) is 0 Å². The fourth-order valence-electron chi connectivity index (χ4n) is 3.54. The molecule has 1 aliphatic carbocycles. The van der Waals surface area contributed by atoms with Crippen molar-refractivity contribution in [2.45, 2.75) is 38.1 Å². The van der Waals surface area contributed by atoms with E-state index in [1.54, 1.807) is 12.5 Å². The summed E-state index contributed by atoms with van der Waals surface area (Å²) in [4.78, 5) is 8.57. The van der Waals surface area contributed by atoms with Gasteiger partial charge in [0.1, 0.15) is 12.1 Å². The van der Waals surface area contributed by atoms with Crippen LogP contribution in [-0.2, 0) is 6.42 Å². The molecule has 0 aliphatic heterocycles. The summed E-state index contributed by atoms with van der Waals surface area (Å²) < 4.78 is 0. The Morgan fingerprint density at radius 3 is 2.76 bits per heavy atom. The van der Waals surface area contributed by atoms with Crippen molar-refractivity contribution in [3.8, 4) is 0 Å². The highest BCUT2D eigenvalue weighted by molar-refractivity contribution is 5.85. The van der Waals surface area contributed by atoms with Crippen LogP contribution in [0.1, 0.15) is 31.2 Å². The number of rotatable bonds is 5. The summed E-state index contributed by atoms with van der Waals surface area (Å²) >= 11 is 0. The van der Waals surface area contributed by atoms with Gasteiger partial charge in [-0.25, -0.2) is 9.97 Å². The van der Waals surface area contributed by atoms with Gasteiger partial charge in [-0.05, 0) is 43.6 Å². The van der Waals surface area contributed by atoms with Crippen LogP contribution < -0.4 is 5.32 Å². The maximum absolute atomic E-state index is 4.38. The first-order chi connectivity index (χ1) is 12.4. The summed E-state index contributed by atoms with van der Waals surface area (Å²) in [6.07, 6.45) is 13.9. The van der Waals surface area contributed by atoms with Crippen molar-refractivity contribution in [3.63, 3.8) is 0 Å². The van der Waals surface area contributed by atoms with Gasteiger partial charge in [0.25, 0.3) is 0 Å². The van der Waals surface area contributed by atoms with Gasteiger partial charge >= 0.3 is 0 Å². The number of H-pyrrole nitrogens is 1. The molecule has 0 spiro atoms. The van der Waals surface area contributed by atoms with E-state index in [0.29, 0.717) is 12.0 Å². The monoisotopic (exact) mass is 333 g/mol. The number of hydrogen-bond donors (Lipinski definition) is 2. The number of nitrogens with one attached hydrogen (secondary N) is 2. The first-order valence-electron chi connectivity index (χ1n) is 8.99. The van der Waals surface area contributed by atoms with Crippen LogP contribution in [0.3, 0.4) is 0 Å². The van der Waals surface area contributed by atoms with E-state index in [1.165, 1.54) is 31.2 Å². The highest BCUT2D eigenvalue weighted by Gasteiger charge is 2.20. The number of allylic oxidation sites excluding steroid dienone is 2. The lowest BCUT2D eigenvalue weighted by Crippen LogP contribution is -2.26. The molecule has 2 aromatic heterocycles. The summed E-state index contributed by atoms with van der Waals surface area (Å²) in [7, 11) is 0. The summed E-state index contributed by atoms with van der Waals surface area (Å²) in [6, 6.07) is 11.1. The van der Waals surface area contributed by atoms with Crippen LogP contribution in [0.25, 0.3) is 11.0 Å². The van der Waals surface area contributed by atoms with Gasteiger partial charge in [-0.2, -0.15) is 5.10 Å². The quantitative estimate of drug-likeness (QED) is 0.689. The second-order valence-corrected chi connectivity index (χ2v) is 6.73. The Morgan fingerprint density at radius 2 is 1.92 bits per heavy atom. The molecule has 1 fully saturated rings. The zero-order valence-corrected chi connectivity index (χ0v) is 14.2. The highest BCUT2D eigenvalue weighted by atomic mass is 15.2. The van der Waals surface area contributed by atoms with E-state index in [2.05, 4.69) is 68.0 Å². The van der Waals surface area contributed by atoms with Crippen LogP contribution in [0.5, 0.6) is 0 Å². The standard InChI is InChI=1S/C20H23N5/c1-2-5-15(6-3-1)7-4-8-16-9-11-17(12-10-16)24-19-18-13-23-25-20(18)22-14-21-19/h1-6,8,13-14,16-17H,7,9-12H2,(H2,21,22,23,24,25)/b8-4+/t16-,17-. The normalized spacial score (nSPS) is 21.0. The molecule has 0 bridgehead atoms. The maximum atomic E-state index is 4.38. The first kappa shape index (κ1) is 15.8. The minimum absolute atomic E-state index is 0.478. The lowest BCUT2D eigenvalue weighted by atomic mass is 9.85. The van der Waals surface area contributed by atoms with E-state index >= 15 is 0 Å². The number of benzene rings is 1. The third kappa shape index (κ3) is 3.87. The lowest BCUT2D eigenvalue weighted by Gasteiger charge is -2.28. The molecule has 1 saturated carbocycles. The molecule has 4 rings (SSSR count). The number of aromatic nitrogens is 4. The fourth-order valence-corrected chi connectivity index (χ4v) is 3.54. The van der Waals surface area contributed by atoms with Gasteiger partial charge < -0.3 is 5.32 Å². The van der Waals surface area contributed by atoms with Gasteiger partial charge in [0.2, 0.25) is 0 Å². The highest BCUT2D eigenvalue weighted by Crippen LogP contribution is 2.28. The van der Waals surface area contributed by atoms with Gasteiger partial charge in [-0.15, -0.1) is 0 Å². The van der Waals surface area contributed by atoms with Crippen LogP contribution in [-0.4, -0.2) is 26.2 Å². The first-order valence-corrected chi connectivity index (χ1v) is 8.99. The van der Waals surface area contributed by atoms with E-state index in [4.69, 9.17) is 0 Å². The largest absolute Gasteiger partial charge is 0.367 e. The van der Waals surface area contributed by atoms with E-state index < -0.39 is 0 Å². The average Bonchev–Trinajstić information content (AvgIpc) is 3.14. The number of anilines is 1. The number of aromatic amines is 1. The van der Waals surface area contributed by atoms with Crippen molar-refractivity contribution < 1.29 is 0 Å². The molecule has 0 unspecified atom stereocenters. The molecule has 5 heteroatoms. The molecule has 1 aliphatic rings. The van der Waals surface area contributed by atoms with Crippen LogP contribution in [0.2, 0.25) is 0 Å². The molecule has 3 aromatic rings. The van der Waals surface area contributed by atoms with Gasteiger partial charge in [0.15, 0.2) is 5.65 Å². The van der Waals surface area contributed by atoms with Gasteiger partial charge in [0.05, 0.1) is 11.6 Å². The molecular weight excluding hydrogens is 310 g/mol. The molecule has 25 heavy (non-hydrogen) atoms. The van der Waals surface area contributed by atoms with Crippen molar-refractivity contribution in [1.82, 2.24) is 20.2 Å². The topological polar surface area (TPSA) is 66.5 Å². The van der Waals surface area contributed by atoms with Crippen molar-refractivity contribution in [2.75, 3.05) is 5.32 Å². The number of hydrogen-bond acceptors (Lipinski definition) is 4. The van der Waals surface area contributed by atoms with E-state index in [0.717, 1.165) is 23.3 Å². The predicted octanol–water partition coefficient (Wildman–Crippen LogP) is 4.12. The van der Waals surface area contributed by atoms with Crippen LogP contribution >= 0.6 is 0 Å². The minimum atomic E-state index is 0.478. The fraction of sp³-hybridized carbons (Fsp3) is 0.350. The average molecular weight is 333 g/mol. The Bertz CT molecular complexity index is 831. The second-order valence-electron chi connectivity index (χ2n) is 6.73. The Morgan fingerprint density at radius 1 is 1.08 bits per heavy atom. The molecular formula is C20H23N5. The van der Waals surface area contributed by atoms with Crippen LogP contribution in [0, 0.1) is 5.92 Å². The summed E-state index contributed by atoms with van der Waals surface area (Å²) in [6.45, 7) is 0. The number of fused-ring (bicyclic) bond motifs is 1. The maximum Gasteiger partial charge on any atom is 0.160 e. The van der Waals surface area contributed by atoms with Crippen molar-refractivity contribution >= 4 is 16.9 Å². The molecule has 0 atom stereocenters. The third-order valence-corrected chi connectivity index (χ3v) is 4.97. The molecule has 5 nitrogen and oxygen atoms in total. The molecule has 2 N–H and O–H groups in total. The summed E-state index contributed by atoms with van der Waals surface area (Å²) in [5.74, 6) is 1.59. The molecule has 0 radical (unpaired) electrons. The Balaban J connectivity index is 1.29. The summed E-state index contributed by atoms with van der Waals surface area (Å²) in [5.41, 5.74) is 2.16.